The molecule has 0 saturated heterocycles. The number of carbonyl (C=O) groups is 1. The van der Waals surface area contributed by atoms with Crippen LogP contribution in [0.5, 0.6) is 0 Å². The molecule has 6 nitrogen and oxygen atoms in total. The number of nitrogens with zero attached hydrogens (tertiary/aromatic N) is 4. The summed E-state index contributed by atoms with van der Waals surface area (Å²) in [6.07, 6.45) is -2.02. The number of carbonyl (C=O) groups excluding carboxylic acids is 1. The second-order valence-electron chi connectivity index (χ2n) is 5.65. The molecule has 0 saturated carbocycles. The second kappa shape index (κ2) is 8.27. The van der Waals surface area contributed by atoms with E-state index in [0.29, 0.717) is 30.2 Å². The number of aromatic nitrogens is 4. The van der Waals surface area contributed by atoms with E-state index in [1.807, 2.05) is 13.8 Å². The van der Waals surface area contributed by atoms with Gasteiger partial charge in [-0.15, -0.1) is 0 Å². The Morgan fingerprint density at radius 1 is 1.24 bits per heavy atom. The lowest BCUT2D eigenvalue weighted by atomic mass is 10.3. The van der Waals surface area contributed by atoms with Crippen LogP contribution in [0.15, 0.2) is 4.47 Å². The van der Waals surface area contributed by atoms with E-state index in [-0.39, 0.29) is 22.6 Å². The smallest absolute Gasteiger partial charge is 0.283 e. The summed E-state index contributed by atoms with van der Waals surface area (Å²) in [4.78, 5) is 12.0. The number of nitrogens with one attached hydrogen (secondary N) is 1. The standard InChI is InChI=1S/C15H19BrClF2N5O/c1-8-13(17)10(3)23(21-8)6-4-5-20-11(25)7-24-9(2)12(16)14(22-24)15(18)19/h15H,4-7H2,1-3H3,(H,20,25). The van der Waals surface area contributed by atoms with Gasteiger partial charge in [0.1, 0.15) is 12.2 Å². The van der Waals surface area contributed by atoms with Crippen molar-refractivity contribution in [3.05, 3.63) is 32.3 Å². The zero-order valence-electron chi connectivity index (χ0n) is 14.1. The molecule has 0 unspecified atom stereocenters. The Labute approximate surface area is 157 Å². The van der Waals surface area contributed by atoms with Crippen molar-refractivity contribution < 1.29 is 13.6 Å². The minimum atomic E-state index is -2.69. The molecule has 0 spiro atoms. The van der Waals surface area contributed by atoms with E-state index in [2.05, 4.69) is 31.4 Å². The van der Waals surface area contributed by atoms with Gasteiger partial charge < -0.3 is 5.32 Å². The minimum Gasteiger partial charge on any atom is -0.354 e. The lowest BCUT2D eigenvalue weighted by Gasteiger charge is -2.08. The van der Waals surface area contributed by atoms with E-state index in [1.165, 1.54) is 4.68 Å². The molecule has 0 aromatic carbocycles. The Morgan fingerprint density at radius 3 is 2.44 bits per heavy atom. The fraction of sp³-hybridized carbons (Fsp3) is 0.533. The summed E-state index contributed by atoms with van der Waals surface area (Å²) in [6, 6.07) is 0. The van der Waals surface area contributed by atoms with Gasteiger partial charge in [0.2, 0.25) is 5.91 Å². The highest BCUT2D eigenvalue weighted by molar-refractivity contribution is 9.10. The molecule has 2 heterocycles. The van der Waals surface area contributed by atoms with Gasteiger partial charge >= 0.3 is 0 Å². The van der Waals surface area contributed by atoms with Gasteiger partial charge in [-0.25, -0.2) is 8.78 Å². The lowest BCUT2D eigenvalue weighted by molar-refractivity contribution is -0.121. The summed E-state index contributed by atoms with van der Waals surface area (Å²) < 4.78 is 28.9. The van der Waals surface area contributed by atoms with Crippen LogP contribution in [0, 0.1) is 20.8 Å². The van der Waals surface area contributed by atoms with Crippen molar-refractivity contribution in [1.82, 2.24) is 24.9 Å². The highest BCUT2D eigenvalue weighted by Crippen LogP contribution is 2.28. The molecule has 2 aromatic rings. The summed E-state index contributed by atoms with van der Waals surface area (Å²) in [5.74, 6) is -0.287. The van der Waals surface area contributed by atoms with Gasteiger partial charge in [0.05, 0.1) is 26.6 Å². The van der Waals surface area contributed by atoms with Crippen molar-refractivity contribution in [1.29, 1.82) is 0 Å². The molecule has 2 aromatic heterocycles. The molecule has 0 fully saturated rings. The maximum absolute atomic E-state index is 12.8. The molecule has 0 radical (unpaired) electrons. The Hall–Kier alpha value is -1.48. The first-order valence-corrected chi connectivity index (χ1v) is 8.86. The van der Waals surface area contributed by atoms with Crippen LogP contribution in [0.1, 0.15) is 35.6 Å². The number of halogens is 4. The molecule has 25 heavy (non-hydrogen) atoms. The maximum Gasteiger partial charge on any atom is 0.283 e. The van der Waals surface area contributed by atoms with E-state index in [4.69, 9.17) is 11.6 Å². The first-order valence-electron chi connectivity index (χ1n) is 7.69. The largest absolute Gasteiger partial charge is 0.354 e. The zero-order valence-corrected chi connectivity index (χ0v) is 16.5. The monoisotopic (exact) mass is 437 g/mol. The molecule has 0 bridgehead atoms. The molecule has 10 heteroatoms. The Kier molecular flexibility index (Phi) is 6.56. The highest BCUT2D eigenvalue weighted by Gasteiger charge is 2.21. The molecule has 1 N–H and O–H groups in total. The highest BCUT2D eigenvalue weighted by atomic mass is 79.9. The molecular formula is C15H19BrClF2N5O. The van der Waals surface area contributed by atoms with E-state index >= 15 is 0 Å². The second-order valence-corrected chi connectivity index (χ2v) is 6.83. The summed E-state index contributed by atoms with van der Waals surface area (Å²) in [5.41, 5.74) is 1.80. The van der Waals surface area contributed by atoms with Gasteiger partial charge in [0.15, 0.2) is 0 Å². The number of aryl methyl sites for hydroxylation is 2. The van der Waals surface area contributed by atoms with Gasteiger partial charge in [-0.3, -0.25) is 14.2 Å². The van der Waals surface area contributed by atoms with Crippen LogP contribution in [0.3, 0.4) is 0 Å². The molecule has 138 valence electrons. The number of rotatable bonds is 7. The van der Waals surface area contributed by atoms with E-state index in [0.717, 1.165) is 11.4 Å². The number of alkyl halides is 2. The Morgan fingerprint density at radius 2 is 1.92 bits per heavy atom. The fourth-order valence-corrected chi connectivity index (χ4v) is 2.97. The molecule has 2 rings (SSSR count). The van der Waals surface area contributed by atoms with Crippen molar-refractivity contribution >= 4 is 33.4 Å². The van der Waals surface area contributed by atoms with E-state index in [1.54, 1.807) is 11.6 Å². The van der Waals surface area contributed by atoms with E-state index < -0.39 is 6.43 Å². The van der Waals surface area contributed by atoms with Gasteiger partial charge in [0.25, 0.3) is 6.43 Å². The van der Waals surface area contributed by atoms with Gasteiger partial charge in [-0.1, -0.05) is 11.6 Å². The van der Waals surface area contributed by atoms with Gasteiger partial charge in [0, 0.05) is 13.1 Å². The van der Waals surface area contributed by atoms with Crippen LogP contribution in [0.2, 0.25) is 5.02 Å². The third-order valence-electron chi connectivity index (χ3n) is 3.82. The first-order chi connectivity index (χ1) is 11.7. The van der Waals surface area contributed by atoms with Crippen LogP contribution in [0.4, 0.5) is 8.78 Å². The topological polar surface area (TPSA) is 64.7 Å². The molecule has 0 atom stereocenters. The van der Waals surface area contributed by atoms with Crippen molar-refractivity contribution in [3.63, 3.8) is 0 Å². The molecule has 0 aliphatic rings. The lowest BCUT2D eigenvalue weighted by Crippen LogP contribution is -2.29. The Bertz CT molecular complexity index is 775. The van der Waals surface area contributed by atoms with Crippen LogP contribution < -0.4 is 5.32 Å². The third kappa shape index (κ3) is 4.58. The van der Waals surface area contributed by atoms with E-state index in [9.17, 15) is 13.6 Å². The average Bonchev–Trinajstić information content (AvgIpc) is 2.97. The first kappa shape index (κ1) is 19.8. The van der Waals surface area contributed by atoms with Crippen molar-refractivity contribution in [2.75, 3.05) is 6.54 Å². The average molecular weight is 439 g/mol. The fourth-order valence-electron chi connectivity index (χ4n) is 2.38. The molecule has 0 aliphatic heterocycles. The quantitative estimate of drug-likeness (QED) is 0.672. The number of hydrogen-bond acceptors (Lipinski definition) is 3. The van der Waals surface area contributed by atoms with Crippen LogP contribution in [-0.4, -0.2) is 32.0 Å². The zero-order chi connectivity index (χ0) is 18.7. The van der Waals surface area contributed by atoms with Crippen molar-refractivity contribution in [3.8, 4) is 0 Å². The maximum atomic E-state index is 12.8. The predicted molar refractivity (Wildman–Crippen MR) is 94.0 cm³/mol. The summed E-state index contributed by atoms with van der Waals surface area (Å²) >= 11 is 9.16. The van der Waals surface area contributed by atoms with Crippen molar-refractivity contribution in [2.45, 2.75) is 46.7 Å². The summed E-state index contributed by atoms with van der Waals surface area (Å²) in [7, 11) is 0. The third-order valence-corrected chi connectivity index (χ3v) is 5.35. The molecular weight excluding hydrogens is 420 g/mol. The predicted octanol–water partition coefficient (Wildman–Crippen LogP) is 3.56. The summed E-state index contributed by atoms with van der Waals surface area (Å²) in [5, 5.41) is 11.5. The minimum absolute atomic E-state index is 0.108. The Balaban J connectivity index is 1.83. The van der Waals surface area contributed by atoms with Gasteiger partial charge in [-0.2, -0.15) is 10.2 Å². The SMILES string of the molecule is Cc1nn(CCCNC(=O)Cn2nc(C(F)F)c(Br)c2C)c(C)c1Cl. The van der Waals surface area contributed by atoms with Crippen LogP contribution >= 0.6 is 27.5 Å². The van der Waals surface area contributed by atoms with Gasteiger partial charge in [-0.05, 0) is 43.1 Å². The summed E-state index contributed by atoms with van der Waals surface area (Å²) in [6.45, 7) is 6.32. The van der Waals surface area contributed by atoms with Crippen LogP contribution in [0.25, 0.3) is 0 Å². The van der Waals surface area contributed by atoms with Crippen LogP contribution in [-0.2, 0) is 17.9 Å². The van der Waals surface area contributed by atoms with Crippen molar-refractivity contribution in [2.24, 2.45) is 0 Å². The number of hydrogen-bond donors (Lipinski definition) is 1. The number of amides is 1. The normalized spacial score (nSPS) is 11.4. The molecule has 0 aliphatic carbocycles. The molecule has 1 amide bonds.